The molecule has 0 aliphatic carbocycles. The SMILES string of the molecule is Cl.N[C@H](CCCO)c1cc(F)cc(C(F)(F)F)c1. The van der Waals surface area contributed by atoms with Crippen molar-refractivity contribution in [2.75, 3.05) is 6.61 Å². The lowest BCUT2D eigenvalue weighted by Gasteiger charge is -2.14. The Bertz CT molecular complexity index is 384. The molecule has 0 bridgehead atoms. The van der Waals surface area contributed by atoms with E-state index in [0.29, 0.717) is 18.9 Å². The van der Waals surface area contributed by atoms with Crippen molar-refractivity contribution in [1.82, 2.24) is 0 Å². The minimum atomic E-state index is -4.59. The summed E-state index contributed by atoms with van der Waals surface area (Å²) in [6.45, 7) is -0.102. The summed E-state index contributed by atoms with van der Waals surface area (Å²) in [5.41, 5.74) is 4.66. The van der Waals surface area contributed by atoms with Crippen molar-refractivity contribution in [2.24, 2.45) is 5.73 Å². The first-order valence-electron chi connectivity index (χ1n) is 5.08. The number of halogens is 5. The maximum Gasteiger partial charge on any atom is 0.416 e. The van der Waals surface area contributed by atoms with Gasteiger partial charge in [-0.3, -0.25) is 0 Å². The molecule has 0 aromatic heterocycles. The van der Waals surface area contributed by atoms with Crippen LogP contribution in [0.1, 0.15) is 30.0 Å². The van der Waals surface area contributed by atoms with E-state index in [1.165, 1.54) is 0 Å². The van der Waals surface area contributed by atoms with Crippen LogP contribution in [0, 0.1) is 5.82 Å². The van der Waals surface area contributed by atoms with Gasteiger partial charge in [-0.15, -0.1) is 12.4 Å². The van der Waals surface area contributed by atoms with Gasteiger partial charge in [-0.05, 0) is 36.6 Å². The average molecular weight is 288 g/mol. The van der Waals surface area contributed by atoms with Gasteiger partial charge in [0.15, 0.2) is 0 Å². The summed E-state index contributed by atoms with van der Waals surface area (Å²) in [4.78, 5) is 0. The van der Waals surface area contributed by atoms with E-state index in [1.54, 1.807) is 0 Å². The third-order valence-electron chi connectivity index (χ3n) is 2.35. The van der Waals surface area contributed by atoms with E-state index in [9.17, 15) is 17.6 Å². The molecule has 7 heteroatoms. The molecule has 0 aliphatic heterocycles. The molecular formula is C11H14ClF4NO. The maximum atomic E-state index is 13.0. The van der Waals surface area contributed by atoms with Gasteiger partial charge in [-0.25, -0.2) is 4.39 Å². The molecule has 0 saturated carbocycles. The number of benzene rings is 1. The Labute approximate surface area is 108 Å². The molecule has 2 nitrogen and oxygen atoms in total. The molecule has 0 amide bonds. The van der Waals surface area contributed by atoms with Crippen LogP contribution in [0.3, 0.4) is 0 Å². The molecule has 104 valence electrons. The number of hydrogen-bond acceptors (Lipinski definition) is 2. The average Bonchev–Trinajstić information content (AvgIpc) is 2.23. The molecule has 1 atom stereocenters. The first kappa shape index (κ1) is 17.2. The second kappa shape index (κ2) is 6.92. The standard InChI is InChI=1S/C11H13F4NO.ClH/c12-9-5-7(10(16)2-1-3-17)4-8(6-9)11(13,14)15;/h4-6,10,17H,1-3,16H2;1H/t10-;/m1./s1. The first-order chi connectivity index (χ1) is 7.84. The predicted octanol–water partition coefficient (Wildman–Crippen LogP) is 3.04. The minimum absolute atomic E-state index is 0. The highest BCUT2D eigenvalue weighted by Gasteiger charge is 2.31. The fourth-order valence-corrected chi connectivity index (χ4v) is 1.47. The van der Waals surface area contributed by atoms with E-state index in [4.69, 9.17) is 10.8 Å². The third kappa shape index (κ3) is 4.80. The Balaban J connectivity index is 0.00000289. The van der Waals surface area contributed by atoms with E-state index in [2.05, 4.69) is 0 Å². The van der Waals surface area contributed by atoms with E-state index >= 15 is 0 Å². The molecule has 1 rings (SSSR count). The zero-order chi connectivity index (χ0) is 13.1. The zero-order valence-corrected chi connectivity index (χ0v) is 10.2. The maximum absolute atomic E-state index is 13.0. The number of rotatable bonds is 4. The van der Waals surface area contributed by atoms with Crippen molar-refractivity contribution in [3.63, 3.8) is 0 Å². The van der Waals surface area contributed by atoms with E-state index in [-0.39, 0.29) is 24.6 Å². The van der Waals surface area contributed by atoms with Crippen LogP contribution < -0.4 is 5.73 Å². The molecule has 0 fully saturated rings. The zero-order valence-electron chi connectivity index (χ0n) is 9.38. The summed E-state index contributed by atoms with van der Waals surface area (Å²) in [7, 11) is 0. The lowest BCUT2D eigenvalue weighted by Crippen LogP contribution is -2.13. The summed E-state index contributed by atoms with van der Waals surface area (Å²) in [5, 5.41) is 8.59. The summed E-state index contributed by atoms with van der Waals surface area (Å²) >= 11 is 0. The van der Waals surface area contributed by atoms with Crippen molar-refractivity contribution in [3.05, 3.63) is 35.1 Å². The van der Waals surface area contributed by atoms with Crippen molar-refractivity contribution in [1.29, 1.82) is 0 Å². The van der Waals surface area contributed by atoms with Crippen LogP contribution in [0.4, 0.5) is 17.6 Å². The topological polar surface area (TPSA) is 46.2 Å². The number of hydrogen-bond donors (Lipinski definition) is 2. The minimum Gasteiger partial charge on any atom is -0.396 e. The highest BCUT2D eigenvalue weighted by atomic mass is 35.5. The van der Waals surface area contributed by atoms with Crippen molar-refractivity contribution >= 4 is 12.4 Å². The van der Waals surface area contributed by atoms with Crippen LogP contribution in [-0.4, -0.2) is 11.7 Å². The first-order valence-corrected chi connectivity index (χ1v) is 5.08. The van der Waals surface area contributed by atoms with E-state index in [0.717, 1.165) is 12.1 Å². The van der Waals surface area contributed by atoms with Gasteiger partial charge in [-0.1, -0.05) is 0 Å². The molecule has 3 N–H and O–H groups in total. The van der Waals surface area contributed by atoms with Crippen LogP contribution in [0.15, 0.2) is 18.2 Å². The lowest BCUT2D eigenvalue weighted by atomic mass is 10.0. The van der Waals surface area contributed by atoms with E-state index < -0.39 is 23.6 Å². The summed E-state index contributed by atoms with van der Waals surface area (Å²) in [6, 6.07) is 1.55. The molecule has 0 unspecified atom stereocenters. The van der Waals surface area contributed by atoms with E-state index in [1.807, 2.05) is 0 Å². The highest BCUT2D eigenvalue weighted by molar-refractivity contribution is 5.85. The lowest BCUT2D eigenvalue weighted by molar-refractivity contribution is -0.137. The Morgan fingerprint density at radius 2 is 1.83 bits per heavy atom. The Morgan fingerprint density at radius 1 is 1.22 bits per heavy atom. The van der Waals surface area contributed by atoms with Gasteiger partial charge in [-0.2, -0.15) is 13.2 Å². The van der Waals surface area contributed by atoms with Gasteiger partial charge in [0.25, 0.3) is 0 Å². The number of aliphatic hydroxyl groups is 1. The van der Waals surface area contributed by atoms with Crippen molar-refractivity contribution in [2.45, 2.75) is 25.1 Å². The highest BCUT2D eigenvalue weighted by Crippen LogP contribution is 2.31. The molecule has 0 heterocycles. The van der Waals surface area contributed by atoms with Gasteiger partial charge in [0.1, 0.15) is 5.82 Å². The summed E-state index contributed by atoms with van der Waals surface area (Å²) in [6.07, 6.45) is -3.93. The molecular weight excluding hydrogens is 274 g/mol. The molecule has 0 aliphatic rings. The van der Waals surface area contributed by atoms with Gasteiger partial charge in [0, 0.05) is 12.6 Å². The quantitative estimate of drug-likeness (QED) is 0.836. The number of nitrogens with two attached hydrogens (primary N) is 1. The number of aliphatic hydroxyl groups excluding tert-OH is 1. The summed E-state index contributed by atoms with van der Waals surface area (Å²) in [5.74, 6) is -0.964. The fraction of sp³-hybridized carbons (Fsp3) is 0.455. The van der Waals surface area contributed by atoms with Crippen LogP contribution >= 0.6 is 12.4 Å². The van der Waals surface area contributed by atoms with Crippen LogP contribution in [0.5, 0.6) is 0 Å². The van der Waals surface area contributed by atoms with Crippen LogP contribution in [0.2, 0.25) is 0 Å². The van der Waals surface area contributed by atoms with Gasteiger partial charge in [0.2, 0.25) is 0 Å². The van der Waals surface area contributed by atoms with Crippen molar-refractivity contribution < 1.29 is 22.7 Å². The third-order valence-corrected chi connectivity index (χ3v) is 2.35. The predicted molar refractivity (Wildman–Crippen MR) is 61.9 cm³/mol. The summed E-state index contributed by atoms with van der Waals surface area (Å²) < 4.78 is 50.3. The monoisotopic (exact) mass is 287 g/mol. The Kier molecular flexibility index (Phi) is 6.59. The fourth-order valence-electron chi connectivity index (χ4n) is 1.47. The van der Waals surface area contributed by atoms with Crippen molar-refractivity contribution in [3.8, 4) is 0 Å². The second-order valence-corrected chi connectivity index (χ2v) is 3.74. The Hall–Kier alpha value is -0.850. The molecule has 0 saturated heterocycles. The second-order valence-electron chi connectivity index (χ2n) is 3.74. The normalized spacial score (nSPS) is 13.0. The van der Waals surface area contributed by atoms with Gasteiger partial charge in [0.05, 0.1) is 5.56 Å². The molecule has 1 aromatic rings. The number of alkyl halides is 3. The van der Waals surface area contributed by atoms with Crippen LogP contribution in [-0.2, 0) is 6.18 Å². The molecule has 0 spiro atoms. The Morgan fingerprint density at radius 3 is 2.33 bits per heavy atom. The molecule has 18 heavy (non-hydrogen) atoms. The molecule has 1 aromatic carbocycles. The van der Waals surface area contributed by atoms with Gasteiger partial charge >= 0.3 is 6.18 Å². The van der Waals surface area contributed by atoms with Crippen LogP contribution in [0.25, 0.3) is 0 Å². The largest absolute Gasteiger partial charge is 0.416 e. The molecule has 0 radical (unpaired) electrons. The van der Waals surface area contributed by atoms with Gasteiger partial charge < -0.3 is 10.8 Å². The smallest absolute Gasteiger partial charge is 0.396 e.